The Morgan fingerprint density at radius 2 is 2.00 bits per heavy atom. The fraction of sp³-hybridized carbons (Fsp3) is 0.400. The summed E-state index contributed by atoms with van der Waals surface area (Å²) in [6.45, 7) is 8.10. The molecule has 0 heterocycles. The lowest BCUT2D eigenvalue weighted by Crippen LogP contribution is -2.29. The van der Waals surface area contributed by atoms with Gasteiger partial charge >= 0.3 is 0 Å². The summed E-state index contributed by atoms with van der Waals surface area (Å²) in [5, 5.41) is 6.07. The van der Waals surface area contributed by atoms with Crippen molar-refractivity contribution >= 4 is 11.6 Å². The number of nitrogens with one attached hydrogen (secondary N) is 2. The number of methoxy groups -OCH3 is 1. The summed E-state index contributed by atoms with van der Waals surface area (Å²) in [4.78, 5) is 11.7. The summed E-state index contributed by atoms with van der Waals surface area (Å²) in [6.07, 6.45) is 1.78. The van der Waals surface area contributed by atoms with E-state index < -0.39 is 0 Å². The fourth-order valence-electron chi connectivity index (χ4n) is 1.57. The van der Waals surface area contributed by atoms with Crippen molar-refractivity contribution in [2.24, 2.45) is 0 Å². The molecule has 0 bridgehead atoms. The van der Waals surface area contributed by atoms with Crippen molar-refractivity contribution in [3.8, 4) is 0 Å². The van der Waals surface area contributed by atoms with Gasteiger partial charge in [0.2, 0.25) is 0 Å². The van der Waals surface area contributed by atoms with E-state index in [2.05, 4.69) is 24.1 Å². The zero-order valence-electron chi connectivity index (χ0n) is 11.8. The van der Waals surface area contributed by atoms with Crippen LogP contribution in [0.2, 0.25) is 0 Å². The maximum absolute atomic E-state index is 11.7. The smallest absolute Gasteiger partial charge is 0.251 e. The molecule has 1 rings (SSSR count). The van der Waals surface area contributed by atoms with Gasteiger partial charge in [-0.2, -0.15) is 0 Å². The lowest BCUT2D eigenvalue weighted by atomic mass is 10.1. The van der Waals surface area contributed by atoms with Crippen LogP contribution in [-0.4, -0.2) is 31.7 Å². The largest absolute Gasteiger partial charge is 0.380 e. The van der Waals surface area contributed by atoms with Crippen LogP contribution in [0.3, 0.4) is 0 Å². The predicted octanol–water partition coefficient (Wildman–Crippen LogP) is 2.44. The van der Waals surface area contributed by atoms with Gasteiger partial charge in [-0.1, -0.05) is 6.08 Å². The van der Waals surface area contributed by atoms with E-state index in [1.165, 1.54) is 0 Å². The van der Waals surface area contributed by atoms with Crippen molar-refractivity contribution in [2.45, 2.75) is 26.0 Å². The standard InChI is InChI=1S/C15H22N2O2/c1-5-10-16-15(18)13-6-8-14(9-7-13)17-11(2)12(3)19-4/h5-9,11-12,17H,1,10H2,2-4H3,(H,16,18). The normalized spacial score (nSPS) is 13.4. The number of anilines is 1. The van der Waals surface area contributed by atoms with Crippen LogP contribution in [-0.2, 0) is 4.74 Å². The molecule has 0 spiro atoms. The van der Waals surface area contributed by atoms with Crippen molar-refractivity contribution in [3.05, 3.63) is 42.5 Å². The zero-order chi connectivity index (χ0) is 14.3. The second-order valence-electron chi connectivity index (χ2n) is 4.45. The molecular weight excluding hydrogens is 240 g/mol. The Morgan fingerprint density at radius 3 is 2.53 bits per heavy atom. The van der Waals surface area contributed by atoms with E-state index in [1.54, 1.807) is 25.3 Å². The maximum Gasteiger partial charge on any atom is 0.251 e. The van der Waals surface area contributed by atoms with Crippen molar-refractivity contribution in [1.82, 2.24) is 5.32 Å². The molecule has 4 heteroatoms. The van der Waals surface area contributed by atoms with E-state index in [0.717, 1.165) is 5.69 Å². The van der Waals surface area contributed by atoms with Crippen LogP contribution < -0.4 is 10.6 Å². The molecule has 2 atom stereocenters. The monoisotopic (exact) mass is 262 g/mol. The van der Waals surface area contributed by atoms with Crippen LogP contribution in [0.5, 0.6) is 0 Å². The van der Waals surface area contributed by atoms with Gasteiger partial charge in [0.15, 0.2) is 0 Å². The molecule has 1 amide bonds. The summed E-state index contributed by atoms with van der Waals surface area (Å²) in [6, 6.07) is 7.57. The fourth-order valence-corrected chi connectivity index (χ4v) is 1.57. The van der Waals surface area contributed by atoms with Crippen molar-refractivity contribution < 1.29 is 9.53 Å². The highest BCUT2D eigenvalue weighted by molar-refractivity contribution is 5.94. The molecule has 0 fully saturated rings. The van der Waals surface area contributed by atoms with Crippen LogP contribution in [0.4, 0.5) is 5.69 Å². The molecule has 19 heavy (non-hydrogen) atoms. The summed E-state index contributed by atoms with van der Waals surface area (Å²) < 4.78 is 5.25. The summed E-state index contributed by atoms with van der Waals surface area (Å²) >= 11 is 0. The third-order valence-corrected chi connectivity index (χ3v) is 3.02. The SMILES string of the molecule is C=CCNC(=O)c1ccc(NC(C)C(C)OC)cc1. The molecule has 0 radical (unpaired) electrons. The molecule has 0 saturated carbocycles. The highest BCUT2D eigenvalue weighted by Gasteiger charge is 2.11. The average molecular weight is 262 g/mol. The Hall–Kier alpha value is -1.81. The topological polar surface area (TPSA) is 50.4 Å². The Balaban J connectivity index is 2.61. The van der Waals surface area contributed by atoms with Crippen molar-refractivity contribution in [1.29, 1.82) is 0 Å². The molecule has 0 aliphatic rings. The van der Waals surface area contributed by atoms with Crippen LogP contribution in [0, 0.1) is 0 Å². The van der Waals surface area contributed by atoms with Crippen LogP contribution in [0.25, 0.3) is 0 Å². The first kappa shape index (κ1) is 15.2. The molecule has 1 aromatic carbocycles. The molecule has 1 aromatic rings. The summed E-state index contributed by atoms with van der Waals surface area (Å²) in [5.41, 5.74) is 1.61. The highest BCUT2D eigenvalue weighted by atomic mass is 16.5. The first-order valence-electron chi connectivity index (χ1n) is 6.37. The predicted molar refractivity (Wildman–Crippen MR) is 78.5 cm³/mol. The lowest BCUT2D eigenvalue weighted by molar-refractivity contribution is 0.0958. The number of rotatable bonds is 7. The number of carbonyl (C=O) groups is 1. The molecule has 2 unspecified atom stereocenters. The highest BCUT2D eigenvalue weighted by Crippen LogP contribution is 2.12. The van der Waals surface area contributed by atoms with E-state index in [-0.39, 0.29) is 18.1 Å². The van der Waals surface area contributed by atoms with Gasteiger partial charge in [-0.3, -0.25) is 4.79 Å². The summed E-state index contributed by atoms with van der Waals surface area (Å²) in [5.74, 6) is -0.0928. The second-order valence-corrected chi connectivity index (χ2v) is 4.45. The average Bonchev–Trinajstić information content (AvgIpc) is 2.44. The number of benzene rings is 1. The van der Waals surface area contributed by atoms with Gasteiger partial charge in [-0.15, -0.1) is 6.58 Å². The third kappa shape index (κ3) is 4.75. The van der Waals surface area contributed by atoms with E-state index in [1.807, 2.05) is 19.1 Å². The Labute approximate surface area is 114 Å². The van der Waals surface area contributed by atoms with Crippen LogP contribution in [0.15, 0.2) is 36.9 Å². The van der Waals surface area contributed by atoms with Gasteiger partial charge in [0, 0.05) is 30.9 Å². The minimum atomic E-state index is -0.0928. The Kier molecular flexibility index (Phi) is 6.09. The van der Waals surface area contributed by atoms with Gasteiger partial charge in [0.25, 0.3) is 5.91 Å². The number of amides is 1. The van der Waals surface area contributed by atoms with E-state index >= 15 is 0 Å². The Bertz CT molecular complexity index is 415. The molecular formula is C15H22N2O2. The second kappa shape index (κ2) is 7.59. The quantitative estimate of drug-likeness (QED) is 0.742. The first-order valence-corrected chi connectivity index (χ1v) is 6.37. The lowest BCUT2D eigenvalue weighted by Gasteiger charge is -2.21. The van der Waals surface area contributed by atoms with Crippen molar-refractivity contribution in [3.63, 3.8) is 0 Å². The summed E-state index contributed by atoms with van der Waals surface area (Å²) in [7, 11) is 1.69. The molecule has 2 N–H and O–H groups in total. The number of ether oxygens (including phenoxy) is 1. The molecule has 4 nitrogen and oxygen atoms in total. The minimum Gasteiger partial charge on any atom is -0.380 e. The number of hydrogen-bond acceptors (Lipinski definition) is 3. The first-order chi connectivity index (χ1) is 9.08. The van der Waals surface area contributed by atoms with Gasteiger partial charge in [-0.05, 0) is 38.1 Å². The minimum absolute atomic E-state index is 0.0928. The van der Waals surface area contributed by atoms with Gasteiger partial charge in [0.1, 0.15) is 0 Å². The molecule has 0 aliphatic heterocycles. The van der Waals surface area contributed by atoms with Gasteiger partial charge in [0.05, 0.1) is 6.10 Å². The van der Waals surface area contributed by atoms with Crippen LogP contribution in [0.1, 0.15) is 24.2 Å². The van der Waals surface area contributed by atoms with Crippen LogP contribution >= 0.6 is 0 Å². The van der Waals surface area contributed by atoms with E-state index in [4.69, 9.17) is 4.74 Å². The number of carbonyl (C=O) groups excluding carboxylic acids is 1. The van der Waals surface area contributed by atoms with Gasteiger partial charge < -0.3 is 15.4 Å². The Morgan fingerprint density at radius 1 is 1.37 bits per heavy atom. The molecule has 104 valence electrons. The van der Waals surface area contributed by atoms with Gasteiger partial charge in [-0.25, -0.2) is 0 Å². The van der Waals surface area contributed by atoms with Crippen molar-refractivity contribution in [2.75, 3.05) is 19.0 Å². The molecule has 0 aliphatic carbocycles. The van der Waals surface area contributed by atoms with E-state index in [9.17, 15) is 4.79 Å². The number of hydrogen-bond donors (Lipinski definition) is 2. The molecule has 0 aromatic heterocycles. The third-order valence-electron chi connectivity index (χ3n) is 3.02. The molecule has 0 saturated heterocycles. The van der Waals surface area contributed by atoms with E-state index in [0.29, 0.717) is 12.1 Å². The zero-order valence-corrected chi connectivity index (χ0v) is 11.8. The maximum atomic E-state index is 11.7.